The molecular weight excluding hydrogens is 208 g/mol. The number of piperidine rings is 1. The second kappa shape index (κ2) is 5.30. The van der Waals surface area contributed by atoms with E-state index in [0.717, 1.165) is 19.4 Å². The summed E-state index contributed by atoms with van der Waals surface area (Å²) in [6.07, 6.45) is 1.87. The normalized spacial score (nSPS) is 21.3. The zero-order valence-corrected chi connectivity index (χ0v) is 10.1. The first kappa shape index (κ1) is 13.0. The van der Waals surface area contributed by atoms with Crippen LogP contribution in [0.5, 0.6) is 0 Å². The van der Waals surface area contributed by atoms with Gasteiger partial charge in [0.2, 0.25) is 5.91 Å². The molecule has 1 rings (SSSR count). The second-order valence-electron chi connectivity index (χ2n) is 4.65. The van der Waals surface area contributed by atoms with Crippen LogP contribution in [-0.2, 0) is 14.3 Å². The number of ether oxygens (including phenoxy) is 1. The lowest BCUT2D eigenvalue weighted by atomic mass is 9.96. The lowest BCUT2D eigenvalue weighted by molar-refractivity contribution is -0.150. The Morgan fingerprint density at radius 1 is 1.44 bits per heavy atom. The smallest absolute Gasteiger partial charge is 0.330 e. The summed E-state index contributed by atoms with van der Waals surface area (Å²) in [6.45, 7) is 4.94. The van der Waals surface area contributed by atoms with Gasteiger partial charge in [0.05, 0.1) is 13.0 Å². The molecular formula is C11H20N2O3. The Bertz CT molecular complexity index is 270. The molecule has 16 heavy (non-hydrogen) atoms. The Balaban J connectivity index is 2.52. The first-order valence-corrected chi connectivity index (χ1v) is 5.58. The Labute approximate surface area is 95.9 Å². The topological polar surface area (TPSA) is 67.4 Å². The summed E-state index contributed by atoms with van der Waals surface area (Å²) in [4.78, 5) is 23.3. The number of amides is 1. The molecule has 5 heteroatoms. The highest BCUT2D eigenvalue weighted by Crippen LogP contribution is 2.13. The molecule has 92 valence electrons. The number of carbonyl (C=O) groups excluding carboxylic acids is 2. The van der Waals surface area contributed by atoms with E-state index < -0.39 is 11.5 Å². The Morgan fingerprint density at radius 2 is 2.12 bits per heavy atom. The third-order valence-corrected chi connectivity index (χ3v) is 2.80. The third-order valence-electron chi connectivity index (χ3n) is 2.80. The minimum Gasteiger partial charge on any atom is -0.467 e. The molecule has 1 heterocycles. The van der Waals surface area contributed by atoms with Crippen molar-refractivity contribution in [1.29, 1.82) is 0 Å². The molecule has 0 aromatic carbocycles. The zero-order chi connectivity index (χ0) is 12.2. The van der Waals surface area contributed by atoms with Crippen LogP contribution in [0.1, 0.15) is 26.7 Å². The molecule has 1 saturated heterocycles. The highest BCUT2D eigenvalue weighted by molar-refractivity contribution is 5.88. The van der Waals surface area contributed by atoms with Crippen LogP contribution in [0.4, 0.5) is 0 Å². The molecule has 1 aliphatic rings. The summed E-state index contributed by atoms with van der Waals surface area (Å²) in [5.41, 5.74) is -0.955. The third kappa shape index (κ3) is 3.20. The molecule has 0 radical (unpaired) electrons. The van der Waals surface area contributed by atoms with Crippen molar-refractivity contribution < 1.29 is 14.3 Å². The first-order chi connectivity index (χ1) is 7.47. The van der Waals surface area contributed by atoms with Gasteiger partial charge >= 0.3 is 5.97 Å². The van der Waals surface area contributed by atoms with E-state index in [1.54, 1.807) is 13.8 Å². The van der Waals surface area contributed by atoms with Crippen molar-refractivity contribution in [3.8, 4) is 0 Å². The number of hydrogen-bond donors (Lipinski definition) is 2. The summed E-state index contributed by atoms with van der Waals surface area (Å²) in [7, 11) is 1.32. The fourth-order valence-corrected chi connectivity index (χ4v) is 1.79. The van der Waals surface area contributed by atoms with E-state index in [4.69, 9.17) is 0 Å². The number of methoxy groups -OCH3 is 1. The molecule has 0 bridgehead atoms. The van der Waals surface area contributed by atoms with Gasteiger partial charge in [-0.3, -0.25) is 4.79 Å². The Kier molecular flexibility index (Phi) is 4.29. The van der Waals surface area contributed by atoms with Crippen molar-refractivity contribution in [2.24, 2.45) is 5.92 Å². The molecule has 0 aliphatic carbocycles. The van der Waals surface area contributed by atoms with E-state index in [1.807, 2.05) is 0 Å². The van der Waals surface area contributed by atoms with Crippen molar-refractivity contribution in [1.82, 2.24) is 10.6 Å². The second-order valence-corrected chi connectivity index (χ2v) is 4.65. The van der Waals surface area contributed by atoms with Crippen LogP contribution >= 0.6 is 0 Å². The molecule has 1 atom stereocenters. The van der Waals surface area contributed by atoms with E-state index >= 15 is 0 Å². The Morgan fingerprint density at radius 3 is 2.62 bits per heavy atom. The molecule has 0 saturated carbocycles. The van der Waals surface area contributed by atoms with Crippen LogP contribution in [0.15, 0.2) is 0 Å². The molecule has 0 aromatic heterocycles. The van der Waals surface area contributed by atoms with Crippen molar-refractivity contribution in [2.75, 3.05) is 20.2 Å². The fraction of sp³-hybridized carbons (Fsp3) is 0.818. The summed E-state index contributed by atoms with van der Waals surface area (Å²) in [5.74, 6) is -0.551. The van der Waals surface area contributed by atoms with Gasteiger partial charge in [-0.05, 0) is 33.2 Å². The lowest BCUT2D eigenvalue weighted by Crippen LogP contribution is -2.53. The largest absolute Gasteiger partial charge is 0.467 e. The number of hydrogen-bond acceptors (Lipinski definition) is 4. The molecule has 0 unspecified atom stereocenters. The van der Waals surface area contributed by atoms with Gasteiger partial charge in [0.1, 0.15) is 5.54 Å². The van der Waals surface area contributed by atoms with Crippen molar-refractivity contribution in [3.05, 3.63) is 0 Å². The monoisotopic (exact) mass is 228 g/mol. The molecule has 0 aromatic rings. The van der Waals surface area contributed by atoms with E-state index in [-0.39, 0.29) is 11.8 Å². The maximum atomic E-state index is 11.9. The van der Waals surface area contributed by atoms with Crippen molar-refractivity contribution in [2.45, 2.75) is 32.2 Å². The van der Waals surface area contributed by atoms with Gasteiger partial charge in [-0.2, -0.15) is 0 Å². The van der Waals surface area contributed by atoms with Gasteiger partial charge in [-0.25, -0.2) is 4.79 Å². The van der Waals surface area contributed by atoms with Crippen LogP contribution < -0.4 is 10.6 Å². The zero-order valence-electron chi connectivity index (χ0n) is 10.1. The average molecular weight is 228 g/mol. The average Bonchev–Trinajstić information content (AvgIpc) is 2.28. The highest BCUT2D eigenvalue weighted by atomic mass is 16.5. The van der Waals surface area contributed by atoms with Gasteiger partial charge in [0.15, 0.2) is 0 Å². The lowest BCUT2D eigenvalue weighted by Gasteiger charge is -2.28. The van der Waals surface area contributed by atoms with E-state index in [9.17, 15) is 9.59 Å². The molecule has 2 N–H and O–H groups in total. The number of rotatable bonds is 3. The molecule has 1 fully saturated rings. The molecule has 1 aliphatic heterocycles. The van der Waals surface area contributed by atoms with Crippen LogP contribution in [-0.4, -0.2) is 37.6 Å². The Hall–Kier alpha value is -1.10. The summed E-state index contributed by atoms with van der Waals surface area (Å²) in [5, 5.41) is 5.89. The number of nitrogens with one attached hydrogen (secondary N) is 2. The predicted octanol–water partition coefficient (Wildman–Crippen LogP) is 0.0538. The van der Waals surface area contributed by atoms with E-state index in [2.05, 4.69) is 15.4 Å². The van der Waals surface area contributed by atoms with Gasteiger partial charge in [-0.15, -0.1) is 0 Å². The summed E-state index contributed by atoms with van der Waals surface area (Å²) < 4.78 is 4.63. The molecule has 0 spiro atoms. The van der Waals surface area contributed by atoms with Crippen molar-refractivity contribution in [3.63, 3.8) is 0 Å². The minimum absolute atomic E-state index is 0.0438. The van der Waals surface area contributed by atoms with Crippen LogP contribution in [0.3, 0.4) is 0 Å². The van der Waals surface area contributed by atoms with Crippen LogP contribution in [0, 0.1) is 5.92 Å². The van der Waals surface area contributed by atoms with Crippen molar-refractivity contribution >= 4 is 11.9 Å². The first-order valence-electron chi connectivity index (χ1n) is 5.58. The highest BCUT2D eigenvalue weighted by Gasteiger charge is 2.33. The van der Waals surface area contributed by atoms with Gasteiger partial charge in [0.25, 0.3) is 0 Å². The van der Waals surface area contributed by atoms with Gasteiger partial charge < -0.3 is 15.4 Å². The maximum Gasteiger partial charge on any atom is 0.330 e. The van der Waals surface area contributed by atoms with Crippen LogP contribution in [0.2, 0.25) is 0 Å². The standard InChI is InChI=1S/C11H20N2O3/c1-11(2,10(15)16-3)13-9(14)8-5-4-6-12-7-8/h8,12H,4-7H2,1-3H3,(H,13,14)/t8-/m0/s1. The fourth-order valence-electron chi connectivity index (χ4n) is 1.79. The summed E-state index contributed by atoms with van der Waals surface area (Å²) >= 11 is 0. The molecule has 5 nitrogen and oxygen atoms in total. The van der Waals surface area contributed by atoms with Gasteiger partial charge in [-0.1, -0.05) is 0 Å². The quantitative estimate of drug-likeness (QED) is 0.670. The maximum absolute atomic E-state index is 11.9. The number of carbonyl (C=O) groups is 2. The van der Waals surface area contributed by atoms with E-state index in [1.165, 1.54) is 7.11 Å². The van der Waals surface area contributed by atoms with Crippen LogP contribution in [0.25, 0.3) is 0 Å². The summed E-state index contributed by atoms with van der Waals surface area (Å²) in [6, 6.07) is 0. The predicted molar refractivity (Wildman–Crippen MR) is 59.8 cm³/mol. The number of esters is 1. The van der Waals surface area contributed by atoms with Gasteiger partial charge in [0, 0.05) is 6.54 Å². The van der Waals surface area contributed by atoms with E-state index in [0.29, 0.717) is 6.54 Å². The molecule has 1 amide bonds. The minimum atomic E-state index is -0.955. The SMILES string of the molecule is COC(=O)C(C)(C)NC(=O)[C@H]1CCCNC1.